The average Bonchev–Trinajstić information content (AvgIpc) is 3.18. The first kappa shape index (κ1) is 43.6. The number of aliphatic carboxylic acids is 1. The van der Waals surface area contributed by atoms with Crippen LogP contribution >= 0.6 is 0 Å². The SMILES string of the molecule is CCC(CCc1ccc(-c2ccccc2)cc1)NC(=O)[C@@H]1OC(C(=O)O)=C[C@@H](O[Si](c2ccccc2)(c2ccccc2)C(C)(C)C)[C@H]1N(C(C)=O)C(=O)OC(C)(C)C. The lowest BCUT2D eigenvalue weighted by Crippen LogP contribution is -2.71. The maximum Gasteiger partial charge on any atom is 0.417 e. The van der Waals surface area contributed by atoms with Crippen molar-refractivity contribution in [1.82, 2.24) is 10.2 Å². The molecule has 1 aliphatic heterocycles. The maximum atomic E-state index is 14.7. The number of ether oxygens (including phenoxy) is 2. The average molecular weight is 805 g/mol. The van der Waals surface area contributed by atoms with Crippen molar-refractivity contribution in [1.29, 1.82) is 0 Å². The molecular formula is C47H56N2O8Si. The van der Waals surface area contributed by atoms with E-state index in [9.17, 15) is 24.3 Å². The second-order valence-corrected chi connectivity index (χ2v) is 20.9. The van der Waals surface area contributed by atoms with Crippen LogP contribution in [0.5, 0.6) is 0 Å². The summed E-state index contributed by atoms with van der Waals surface area (Å²) < 4.78 is 19.2. The van der Waals surface area contributed by atoms with E-state index in [1.54, 1.807) is 20.8 Å². The van der Waals surface area contributed by atoms with Crippen molar-refractivity contribution < 1.29 is 38.2 Å². The van der Waals surface area contributed by atoms with E-state index in [4.69, 9.17) is 13.9 Å². The van der Waals surface area contributed by atoms with Gasteiger partial charge in [0.05, 0.1) is 6.10 Å². The maximum absolute atomic E-state index is 14.7. The summed E-state index contributed by atoms with van der Waals surface area (Å²) >= 11 is 0. The van der Waals surface area contributed by atoms with Crippen molar-refractivity contribution in [3.05, 3.63) is 133 Å². The van der Waals surface area contributed by atoms with Gasteiger partial charge in [-0.3, -0.25) is 9.59 Å². The number of hydrogen-bond donors (Lipinski definition) is 2. The Morgan fingerprint density at radius 1 is 0.793 bits per heavy atom. The Bertz CT molecular complexity index is 2020. The molecule has 306 valence electrons. The number of nitrogens with zero attached hydrogens (tertiary/aromatic N) is 1. The van der Waals surface area contributed by atoms with Crippen LogP contribution in [0.15, 0.2) is 127 Å². The summed E-state index contributed by atoms with van der Waals surface area (Å²) in [7, 11) is -3.50. The van der Waals surface area contributed by atoms with Gasteiger partial charge in [-0.25, -0.2) is 14.5 Å². The van der Waals surface area contributed by atoms with E-state index in [1.807, 2.05) is 85.8 Å². The second kappa shape index (κ2) is 18.4. The molecule has 4 aromatic rings. The molecule has 0 saturated carbocycles. The van der Waals surface area contributed by atoms with Crippen molar-refractivity contribution in [2.45, 2.75) is 110 Å². The predicted molar refractivity (Wildman–Crippen MR) is 228 cm³/mol. The van der Waals surface area contributed by atoms with E-state index < -0.39 is 66.8 Å². The van der Waals surface area contributed by atoms with E-state index in [0.29, 0.717) is 19.3 Å². The standard InChI is InChI=1S/C47H56N2O8Si/c1-9-36(30-27-33-25-28-35(29-26-33)34-19-13-10-14-20-34)48-43(51)42-41(49(32(2)50)45(54)56-46(3,4)5)39(31-40(55-42)44(52)53)57-58(47(6,7)8,37-21-15-11-16-22-37)38-23-17-12-18-24-38/h10-26,28-29,31,36,39,41-42H,9,27,30H2,1-8H3,(H,48,51)(H,52,53)/t36?,39-,41-,42-/m1/s1. The molecule has 0 fully saturated rings. The fourth-order valence-corrected chi connectivity index (χ4v) is 12.2. The van der Waals surface area contributed by atoms with Gasteiger partial charge >= 0.3 is 12.1 Å². The van der Waals surface area contributed by atoms with Crippen LogP contribution in [-0.4, -0.2) is 72.1 Å². The first-order chi connectivity index (χ1) is 27.4. The highest BCUT2D eigenvalue weighted by Gasteiger charge is 2.56. The number of carbonyl (C=O) groups excluding carboxylic acids is 3. The number of carboxylic acids is 1. The number of carbonyl (C=O) groups is 4. The van der Waals surface area contributed by atoms with Crippen molar-refractivity contribution in [2.75, 3.05) is 0 Å². The van der Waals surface area contributed by atoms with Crippen LogP contribution in [0.1, 0.15) is 73.8 Å². The van der Waals surface area contributed by atoms with Crippen molar-refractivity contribution in [3.63, 3.8) is 0 Å². The topological polar surface area (TPSA) is 131 Å². The molecule has 0 radical (unpaired) electrons. The lowest BCUT2D eigenvalue weighted by atomic mass is 9.96. The van der Waals surface area contributed by atoms with Crippen LogP contribution in [0.3, 0.4) is 0 Å². The van der Waals surface area contributed by atoms with Gasteiger partial charge in [-0.15, -0.1) is 0 Å². The summed E-state index contributed by atoms with van der Waals surface area (Å²) in [5, 5.41) is 14.7. The molecule has 10 nitrogen and oxygen atoms in total. The van der Waals surface area contributed by atoms with Gasteiger partial charge in [0, 0.05) is 13.0 Å². The fraction of sp³-hybridized carbons (Fsp3) is 0.362. The molecule has 1 heterocycles. The van der Waals surface area contributed by atoms with Gasteiger partial charge in [0.1, 0.15) is 11.6 Å². The smallest absolute Gasteiger partial charge is 0.417 e. The quantitative estimate of drug-likeness (QED) is 0.132. The van der Waals surface area contributed by atoms with Crippen molar-refractivity contribution in [3.8, 4) is 11.1 Å². The first-order valence-electron chi connectivity index (χ1n) is 19.8. The molecule has 3 amide bonds. The summed E-state index contributed by atoms with van der Waals surface area (Å²) in [5.41, 5.74) is 2.29. The lowest BCUT2D eigenvalue weighted by Gasteiger charge is -2.48. The molecule has 4 aromatic carbocycles. The van der Waals surface area contributed by atoms with Gasteiger partial charge in [0.15, 0.2) is 0 Å². The zero-order chi connectivity index (χ0) is 42.3. The predicted octanol–water partition coefficient (Wildman–Crippen LogP) is 7.65. The second-order valence-electron chi connectivity index (χ2n) is 16.7. The van der Waals surface area contributed by atoms with Gasteiger partial charge in [-0.05, 0) is 78.2 Å². The van der Waals surface area contributed by atoms with E-state index in [1.165, 1.54) is 13.0 Å². The van der Waals surface area contributed by atoms with Gasteiger partial charge in [0.25, 0.3) is 14.2 Å². The van der Waals surface area contributed by atoms with Crippen LogP contribution in [0.4, 0.5) is 4.79 Å². The Labute approximate surface area is 343 Å². The minimum absolute atomic E-state index is 0.354. The van der Waals surface area contributed by atoms with Gasteiger partial charge < -0.3 is 24.3 Å². The molecule has 2 N–H and O–H groups in total. The summed E-state index contributed by atoms with van der Waals surface area (Å²) in [6, 6.07) is 35.9. The van der Waals surface area contributed by atoms with Gasteiger partial charge in [-0.1, -0.05) is 143 Å². The number of imide groups is 1. The summed E-state index contributed by atoms with van der Waals surface area (Å²) in [6.45, 7) is 14.3. The van der Waals surface area contributed by atoms with Crippen LogP contribution in [0, 0.1) is 0 Å². The van der Waals surface area contributed by atoms with Crippen molar-refractivity contribution >= 4 is 42.6 Å². The monoisotopic (exact) mass is 804 g/mol. The Morgan fingerprint density at radius 3 is 1.78 bits per heavy atom. The number of amides is 3. The molecule has 0 spiro atoms. The molecule has 1 unspecified atom stereocenters. The molecule has 1 aliphatic rings. The molecule has 11 heteroatoms. The third-order valence-corrected chi connectivity index (χ3v) is 15.4. The van der Waals surface area contributed by atoms with Crippen molar-refractivity contribution in [2.24, 2.45) is 0 Å². The zero-order valence-electron chi connectivity index (χ0n) is 34.7. The minimum Gasteiger partial charge on any atom is -0.475 e. The number of aryl methyl sites for hydroxylation is 1. The molecule has 58 heavy (non-hydrogen) atoms. The highest BCUT2D eigenvalue weighted by molar-refractivity contribution is 6.99. The highest BCUT2D eigenvalue weighted by Crippen LogP contribution is 2.40. The minimum atomic E-state index is -3.50. The molecular weight excluding hydrogens is 749 g/mol. The van der Waals surface area contributed by atoms with Crippen LogP contribution in [0.2, 0.25) is 5.04 Å². The fourth-order valence-electron chi connectivity index (χ4n) is 7.55. The van der Waals surface area contributed by atoms with E-state index in [-0.39, 0.29) is 6.04 Å². The number of nitrogens with one attached hydrogen (secondary N) is 1. The normalized spacial score (nSPS) is 17.6. The summed E-state index contributed by atoms with van der Waals surface area (Å²) in [5.74, 6) is -3.37. The molecule has 0 aliphatic carbocycles. The molecule has 5 rings (SSSR count). The zero-order valence-corrected chi connectivity index (χ0v) is 35.7. The van der Waals surface area contributed by atoms with Crippen LogP contribution in [-0.2, 0) is 34.7 Å². The third-order valence-electron chi connectivity index (χ3n) is 10.3. The Balaban J connectivity index is 1.57. The van der Waals surface area contributed by atoms with Crippen LogP contribution < -0.4 is 15.7 Å². The van der Waals surface area contributed by atoms with E-state index in [2.05, 4.69) is 62.5 Å². The first-order valence-corrected chi connectivity index (χ1v) is 21.7. The van der Waals surface area contributed by atoms with Crippen LogP contribution in [0.25, 0.3) is 11.1 Å². The van der Waals surface area contributed by atoms with E-state index >= 15 is 0 Å². The third kappa shape index (κ3) is 10.1. The largest absolute Gasteiger partial charge is 0.475 e. The van der Waals surface area contributed by atoms with Gasteiger partial charge in [-0.2, -0.15) is 0 Å². The molecule has 0 aromatic heterocycles. The van der Waals surface area contributed by atoms with Gasteiger partial charge in [0.2, 0.25) is 17.8 Å². The summed E-state index contributed by atoms with van der Waals surface area (Å²) in [4.78, 5) is 56.1. The molecule has 0 bridgehead atoms. The van der Waals surface area contributed by atoms with E-state index in [0.717, 1.165) is 32.0 Å². The number of carboxylic acid groups (broad SMARTS) is 1. The summed E-state index contributed by atoms with van der Waals surface area (Å²) in [6.07, 6.45) is -0.960. The highest BCUT2D eigenvalue weighted by atomic mass is 28.4. The number of rotatable bonds is 13. The Kier molecular flexibility index (Phi) is 13.8. The number of hydrogen-bond acceptors (Lipinski definition) is 7. The molecule has 0 saturated heterocycles. The Hall–Kier alpha value is -5.52. The molecule has 4 atom stereocenters. The number of benzene rings is 4. The Morgan fingerprint density at radius 2 is 1.31 bits per heavy atom. The lowest BCUT2D eigenvalue weighted by molar-refractivity contribution is -0.151.